The van der Waals surface area contributed by atoms with E-state index in [9.17, 15) is 18.5 Å². The Hall–Kier alpha value is -3.37. The van der Waals surface area contributed by atoms with Crippen molar-refractivity contribution in [2.45, 2.75) is 24.4 Å². The van der Waals surface area contributed by atoms with Crippen LogP contribution in [0.15, 0.2) is 59.6 Å². The summed E-state index contributed by atoms with van der Waals surface area (Å²) >= 11 is 0. The number of hydrogen-bond donors (Lipinski definition) is 0. The fourth-order valence-corrected chi connectivity index (χ4v) is 5.91. The summed E-state index contributed by atoms with van der Waals surface area (Å²) < 4.78 is 41.8. The number of non-ortho nitro benzene ring substituents is 1. The third-order valence-electron chi connectivity index (χ3n) is 5.69. The first-order valence-corrected chi connectivity index (χ1v) is 11.4. The second kappa shape index (κ2) is 8.29. The summed E-state index contributed by atoms with van der Waals surface area (Å²) in [7, 11) is -1.01. The summed E-state index contributed by atoms with van der Waals surface area (Å²) in [6, 6.07) is 12.3. The fourth-order valence-electron chi connectivity index (χ4n) is 4.09. The van der Waals surface area contributed by atoms with Gasteiger partial charge in [-0.05, 0) is 42.3 Å². The zero-order chi connectivity index (χ0) is 23.0. The second-order valence-corrected chi connectivity index (χ2v) is 9.33. The number of ether oxygens (including phenoxy) is 2. The number of nitrogens with zero attached hydrogens (tertiary/aromatic N) is 3. The van der Waals surface area contributed by atoms with Crippen molar-refractivity contribution in [3.8, 4) is 11.5 Å². The lowest BCUT2D eigenvalue weighted by atomic mass is 10.0. The molecule has 1 aliphatic heterocycles. The zero-order valence-corrected chi connectivity index (χ0v) is 18.7. The monoisotopic (exact) mass is 457 g/mol. The van der Waals surface area contributed by atoms with Gasteiger partial charge in [0.2, 0.25) is 10.0 Å². The smallest absolute Gasteiger partial charge is 0.270 e. The number of aryl methyl sites for hydroxylation is 1. The van der Waals surface area contributed by atoms with Crippen molar-refractivity contribution >= 4 is 15.7 Å². The molecule has 1 aromatic heterocycles. The summed E-state index contributed by atoms with van der Waals surface area (Å²) in [5, 5.41) is 11.3. The normalized spacial score (nSPS) is 16.4. The maximum absolute atomic E-state index is 13.8. The Kier molecular flexibility index (Phi) is 5.66. The van der Waals surface area contributed by atoms with Crippen molar-refractivity contribution in [3.63, 3.8) is 0 Å². The molecule has 9 nitrogen and oxygen atoms in total. The van der Waals surface area contributed by atoms with Crippen LogP contribution in [0.3, 0.4) is 0 Å². The summed E-state index contributed by atoms with van der Waals surface area (Å²) in [6.45, 7) is 2.32. The minimum absolute atomic E-state index is 0.0721. The Bertz CT molecular complexity index is 1280. The Morgan fingerprint density at radius 1 is 1.03 bits per heavy atom. The van der Waals surface area contributed by atoms with Gasteiger partial charge in [0.25, 0.3) is 5.69 Å². The van der Waals surface area contributed by atoms with Crippen molar-refractivity contribution in [3.05, 3.63) is 81.7 Å². The minimum atomic E-state index is -4.06. The first kappa shape index (κ1) is 21.8. The molecule has 0 bridgehead atoms. The third-order valence-corrected chi connectivity index (χ3v) is 7.69. The molecule has 3 aromatic rings. The van der Waals surface area contributed by atoms with Crippen molar-refractivity contribution < 1.29 is 22.8 Å². The maximum atomic E-state index is 13.8. The molecule has 0 spiro atoms. The summed E-state index contributed by atoms with van der Waals surface area (Å²) in [6.07, 6.45) is 1.91. The van der Waals surface area contributed by atoms with Gasteiger partial charge in [0.05, 0.1) is 30.1 Å². The largest absolute Gasteiger partial charge is 0.493 e. The molecule has 2 aromatic carbocycles. The van der Waals surface area contributed by atoms with Crippen LogP contribution >= 0.6 is 0 Å². The van der Waals surface area contributed by atoms with E-state index in [1.807, 2.05) is 22.9 Å². The van der Waals surface area contributed by atoms with Gasteiger partial charge in [0, 0.05) is 37.1 Å². The molecule has 10 heteroatoms. The molecule has 0 saturated heterocycles. The Balaban J connectivity index is 1.88. The van der Waals surface area contributed by atoms with Gasteiger partial charge in [-0.1, -0.05) is 12.1 Å². The van der Waals surface area contributed by atoms with E-state index in [0.717, 1.165) is 11.8 Å². The van der Waals surface area contributed by atoms with Crippen LogP contribution in [-0.4, -0.2) is 43.0 Å². The van der Waals surface area contributed by atoms with Gasteiger partial charge < -0.3 is 14.0 Å². The van der Waals surface area contributed by atoms with Crippen molar-refractivity contribution in [2.75, 3.05) is 20.8 Å². The van der Waals surface area contributed by atoms with E-state index < -0.39 is 21.0 Å². The van der Waals surface area contributed by atoms with Crippen LogP contribution < -0.4 is 9.47 Å². The van der Waals surface area contributed by atoms with Crippen LogP contribution in [0.25, 0.3) is 0 Å². The van der Waals surface area contributed by atoms with Crippen LogP contribution in [0.5, 0.6) is 11.5 Å². The van der Waals surface area contributed by atoms with Crippen LogP contribution in [0.1, 0.15) is 22.9 Å². The lowest BCUT2D eigenvalue weighted by Crippen LogP contribution is -2.42. The van der Waals surface area contributed by atoms with Gasteiger partial charge in [-0.25, -0.2) is 8.42 Å². The molecule has 0 saturated carbocycles. The average Bonchev–Trinajstić information content (AvgIpc) is 3.26. The molecule has 1 atom stereocenters. The number of fused-ring (bicyclic) bond motifs is 1. The number of benzene rings is 2. The second-order valence-electron chi connectivity index (χ2n) is 7.47. The molecular formula is C22H23N3O6S. The van der Waals surface area contributed by atoms with Crippen molar-refractivity contribution in [1.82, 2.24) is 8.87 Å². The van der Waals surface area contributed by atoms with Gasteiger partial charge in [-0.15, -0.1) is 0 Å². The summed E-state index contributed by atoms with van der Waals surface area (Å²) in [4.78, 5) is 10.6. The number of sulfonamides is 1. The fraction of sp³-hybridized carbons (Fsp3) is 0.273. The SMILES string of the molecule is COc1ccc(C2c3cccn3CCN2S(=O)(=O)c2cc([N+](=O)[O-])ccc2C)cc1OC. The van der Waals surface area contributed by atoms with Gasteiger partial charge in [0.1, 0.15) is 0 Å². The quantitative estimate of drug-likeness (QED) is 0.414. The highest BCUT2D eigenvalue weighted by Crippen LogP contribution is 2.40. The number of nitro benzene ring substituents is 1. The molecular weight excluding hydrogens is 434 g/mol. The highest BCUT2D eigenvalue weighted by molar-refractivity contribution is 7.89. The molecule has 0 amide bonds. The van der Waals surface area contributed by atoms with E-state index in [-0.39, 0.29) is 17.1 Å². The first-order valence-electron chi connectivity index (χ1n) is 9.91. The van der Waals surface area contributed by atoms with E-state index in [2.05, 4.69) is 0 Å². The molecule has 1 unspecified atom stereocenters. The zero-order valence-electron chi connectivity index (χ0n) is 17.9. The molecule has 4 rings (SSSR count). The Morgan fingerprint density at radius 2 is 1.78 bits per heavy atom. The molecule has 168 valence electrons. The van der Waals surface area contributed by atoms with Gasteiger partial charge >= 0.3 is 0 Å². The molecule has 0 N–H and O–H groups in total. The number of methoxy groups -OCH3 is 2. The molecule has 0 aliphatic carbocycles. The predicted octanol–water partition coefficient (Wildman–Crippen LogP) is 3.52. The Labute approximate surface area is 186 Å². The van der Waals surface area contributed by atoms with Crippen LogP contribution in [0.4, 0.5) is 5.69 Å². The Morgan fingerprint density at radius 3 is 2.47 bits per heavy atom. The van der Waals surface area contributed by atoms with Gasteiger partial charge in [-0.2, -0.15) is 4.31 Å². The van der Waals surface area contributed by atoms with E-state index >= 15 is 0 Å². The van der Waals surface area contributed by atoms with Crippen LogP contribution in [0.2, 0.25) is 0 Å². The lowest BCUT2D eigenvalue weighted by molar-refractivity contribution is -0.385. The van der Waals surface area contributed by atoms with Crippen molar-refractivity contribution in [1.29, 1.82) is 0 Å². The van der Waals surface area contributed by atoms with Gasteiger partial charge in [-0.3, -0.25) is 10.1 Å². The van der Waals surface area contributed by atoms with E-state index in [1.165, 1.54) is 30.7 Å². The molecule has 0 radical (unpaired) electrons. The third kappa shape index (κ3) is 3.61. The van der Waals surface area contributed by atoms with Crippen molar-refractivity contribution in [2.24, 2.45) is 0 Å². The van der Waals surface area contributed by atoms with Crippen LogP contribution in [-0.2, 0) is 16.6 Å². The first-order chi connectivity index (χ1) is 15.3. The molecule has 1 aliphatic rings. The number of hydrogen-bond acceptors (Lipinski definition) is 6. The summed E-state index contributed by atoms with van der Waals surface area (Å²) in [5.41, 5.74) is 1.68. The molecule has 2 heterocycles. The van der Waals surface area contributed by atoms with E-state index in [0.29, 0.717) is 29.2 Å². The van der Waals surface area contributed by atoms with Gasteiger partial charge in [0.15, 0.2) is 11.5 Å². The predicted molar refractivity (Wildman–Crippen MR) is 118 cm³/mol. The van der Waals surface area contributed by atoms with E-state index in [1.54, 1.807) is 25.1 Å². The average molecular weight is 458 g/mol. The number of aromatic nitrogens is 1. The highest BCUT2D eigenvalue weighted by atomic mass is 32.2. The summed E-state index contributed by atoms with van der Waals surface area (Å²) in [5.74, 6) is 1.02. The molecule has 0 fully saturated rings. The number of rotatable bonds is 6. The minimum Gasteiger partial charge on any atom is -0.493 e. The standard InChI is InChI=1S/C22H23N3O6S/c1-15-6-8-17(25(26)27)14-21(15)32(28,29)24-12-11-23-10-4-5-18(23)22(24)16-7-9-19(30-2)20(13-16)31-3/h4-10,13-14,22H,11-12H2,1-3H3. The maximum Gasteiger partial charge on any atom is 0.270 e. The lowest BCUT2D eigenvalue weighted by Gasteiger charge is -2.36. The van der Waals surface area contributed by atoms with Crippen LogP contribution in [0, 0.1) is 17.0 Å². The topological polar surface area (TPSA) is 104 Å². The number of nitro groups is 1. The highest BCUT2D eigenvalue weighted by Gasteiger charge is 2.39. The molecule has 32 heavy (non-hydrogen) atoms. The van der Waals surface area contributed by atoms with E-state index in [4.69, 9.17) is 9.47 Å².